The fourth-order valence-electron chi connectivity index (χ4n) is 3.35. The lowest BCUT2D eigenvalue weighted by atomic mass is 10.0. The number of benzodiazepines with no additional fused rings is 1. The van der Waals surface area contributed by atoms with E-state index in [4.69, 9.17) is 1.37 Å². The summed E-state index contributed by atoms with van der Waals surface area (Å²) >= 11 is 0. The number of halogens is 1. The van der Waals surface area contributed by atoms with Gasteiger partial charge < -0.3 is 10.6 Å². The molecule has 0 spiro atoms. The van der Waals surface area contributed by atoms with Gasteiger partial charge in [0.2, 0.25) is 6.17 Å². The highest BCUT2D eigenvalue weighted by Crippen LogP contribution is 2.26. The number of aromatic nitrogens is 3. The summed E-state index contributed by atoms with van der Waals surface area (Å²) < 4.78 is 23.9. The number of hydrogen-bond acceptors (Lipinski definition) is 5. The number of nitrogens with zero attached hydrogens (tertiary/aromatic N) is 4. The molecule has 0 aliphatic carbocycles. The largest absolute Gasteiger partial charge is 0.322 e. The van der Waals surface area contributed by atoms with Crippen molar-refractivity contribution in [2.45, 2.75) is 6.17 Å². The summed E-state index contributed by atoms with van der Waals surface area (Å²) in [6, 6.07) is 15.0. The Morgan fingerprint density at radius 1 is 1.16 bits per heavy atom. The molecule has 2 N–H and O–H groups in total. The van der Waals surface area contributed by atoms with Crippen molar-refractivity contribution < 1.29 is 15.4 Å². The molecule has 0 bridgehead atoms. The number of hydrogen-bond donors (Lipinski definition) is 2. The predicted octanol–water partition coefficient (Wildman–Crippen LogP) is 2.41. The first-order valence-electron chi connectivity index (χ1n) is 9.86. The molecule has 0 unspecified atom stereocenters. The zero-order valence-corrected chi connectivity index (χ0v) is 15.9. The second kappa shape index (κ2) is 7.45. The number of fused-ring (bicyclic) bond motifs is 2. The summed E-state index contributed by atoms with van der Waals surface area (Å²) in [6.45, 7) is 0. The van der Waals surface area contributed by atoms with Crippen LogP contribution in [0.4, 0.5) is 10.1 Å². The number of para-hydroxylation sites is 1. The van der Waals surface area contributed by atoms with E-state index in [1.807, 2.05) is 6.07 Å². The van der Waals surface area contributed by atoms with Crippen LogP contribution in [0.25, 0.3) is 5.65 Å². The summed E-state index contributed by atoms with van der Waals surface area (Å²) in [5.41, 5.74) is 1.44. The summed E-state index contributed by atoms with van der Waals surface area (Å²) in [7, 11) is 0. The summed E-state index contributed by atoms with van der Waals surface area (Å²) in [6.07, 6.45) is 1.36. The van der Waals surface area contributed by atoms with Crippen molar-refractivity contribution in [3.8, 4) is 0 Å². The minimum Gasteiger partial charge on any atom is -0.322 e. The van der Waals surface area contributed by atoms with Crippen LogP contribution in [0.1, 0.15) is 22.9 Å². The first kappa shape index (κ1) is 17.5. The third kappa shape index (κ3) is 3.31. The standard InChI is InChI=1S/C22H15FN6O2/c23-16-9-4-8-14-17(13-6-2-1-3-7-13)26-19(22(31)27-18(14)16)28-21(30)15-12-25-29-11-5-10-24-20(15)29/h1-12,19H,(H,27,31)(H,28,30)/t19-/m1/s1/i12D. The van der Waals surface area contributed by atoms with Gasteiger partial charge in [0.1, 0.15) is 11.4 Å². The SMILES string of the molecule is [2H]c1nn2cccnc2c1C(=O)N[C@H]1N=C(c2ccccc2)c2cccc(F)c2NC1=O. The smallest absolute Gasteiger partial charge is 0.269 e. The Labute approximate surface area is 176 Å². The van der Waals surface area contributed by atoms with Crippen LogP contribution in [0.15, 0.2) is 78.2 Å². The van der Waals surface area contributed by atoms with E-state index >= 15 is 0 Å². The van der Waals surface area contributed by atoms with E-state index in [0.717, 1.165) is 0 Å². The maximum atomic E-state index is 14.6. The van der Waals surface area contributed by atoms with Gasteiger partial charge in [-0.2, -0.15) is 5.10 Å². The molecule has 0 radical (unpaired) electrons. The molecule has 0 saturated heterocycles. The van der Waals surface area contributed by atoms with Crippen LogP contribution >= 0.6 is 0 Å². The van der Waals surface area contributed by atoms with E-state index < -0.39 is 23.8 Å². The number of carbonyl (C=O) groups excluding carboxylic acids is 2. The lowest BCUT2D eigenvalue weighted by molar-refractivity contribution is -0.117. The van der Waals surface area contributed by atoms with Crippen LogP contribution in [0, 0.1) is 5.82 Å². The van der Waals surface area contributed by atoms with Gasteiger partial charge >= 0.3 is 0 Å². The Morgan fingerprint density at radius 2 is 2.00 bits per heavy atom. The van der Waals surface area contributed by atoms with Gasteiger partial charge in [0, 0.05) is 23.5 Å². The maximum Gasteiger partial charge on any atom is 0.269 e. The van der Waals surface area contributed by atoms with Crippen LogP contribution in [-0.4, -0.2) is 38.3 Å². The molecule has 1 aliphatic heterocycles. The Balaban J connectivity index is 1.58. The zero-order valence-electron chi connectivity index (χ0n) is 16.9. The molecule has 1 atom stereocenters. The first-order chi connectivity index (χ1) is 15.5. The Hall–Kier alpha value is -4.40. The minimum absolute atomic E-state index is 0.0179. The molecular weight excluding hydrogens is 399 g/mol. The third-order valence-corrected chi connectivity index (χ3v) is 4.79. The second-order valence-electron chi connectivity index (χ2n) is 6.75. The van der Waals surface area contributed by atoms with Crippen molar-refractivity contribution >= 4 is 28.9 Å². The lowest BCUT2D eigenvalue weighted by Gasteiger charge is -2.12. The number of carbonyl (C=O) groups is 2. The molecule has 0 saturated carbocycles. The van der Waals surface area contributed by atoms with Crippen LogP contribution in [0.3, 0.4) is 0 Å². The molecule has 3 heterocycles. The van der Waals surface area contributed by atoms with Gasteiger partial charge in [-0.05, 0) is 12.1 Å². The lowest BCUT2D eigenvalue weighted by Crippen LogP contribution is -2.42. The fourth-order valence-corrected chi connectivity index (χ4v) is 3.35. The van der Waals surface area contributed by atoms with E-state index in [1.54, 1.807) is 42.6 Å². The van der Waals surface area contributed by atoms with Gasteiger partial charge in [0.25, 0.3) is 11.8 Å². The molecule has 4 aromatic rings. The van der Waals surface area contributed by atoms with Gasteiger partial charge in [-0.25, -0.2) is 18.9 Å². The average molecular weight is 415 g/mol. The number of amides is 2. The highest BCUT2D eigenvalue weighted by atomic mass is 19.1. The molecular formula is C22H15FN6O2. The molecule has 0 fully saturated rings. The van der Waals surface area contributed by atoms with Gasteiger partial charge in [0.05, 0.1) is 18.9 Å². The molecule has 31 heavy (non-hydrogen) atoms. The Kier molecular flexibility index (Phi) is 4.20. The summed E-state index contributed by atoms with van der Waals surface area (Å²) in [5.74, 6) is -2.08. The maximum absolute atomic E-state index is 14.6. The second-order valence-corrected chi connectivity index (χ2v) is 6.75. The van der Waals surface area contributed by atoms with Crippen molar-refractivity contribution in [3.63, 3.8) is 0 Å². The van der Waals surface area contributed by atoms with Gasteiger partial charge in [-0.15, -0.1) is 0 Å². The van der Waals surface area contributed by atoms with E-state index in [9.17, 15) is 14.0 Å². The molecule has 2 aromatic carbocycles. The van der Waals surface area contributed by atoms with E-state index in [-0.39, 0.29) is 23.1 Å². The summed E-state index contributed by atoms with van der Waals surface area (Å²) in [4.78, 5) is 34.4. The van der Waals surface area contributed by atoms with Crippen molar-refractivity contribution in [3.05, 3.63) is 95.7 Å². The highest BCUT2D eigenvalue weighted by molar-refractivity contribution is 6.20. The zero-order chi connectivity index (χ0) is 22.2. The van der Waals surface area contributed by atoms with Gasteiger partial charge in [0.15, 0.2) is 5.65 Å². The minimum atomic E-state index is -1.37. The van der Waals surface area contributed by atoms with Gasteiger partial charge in [-0.1, -0.05) is 42.5 Å². The number of anilines is 1. The third-order valence-electron chi connectivity index (χ3n) is 4.79. The number of rotatable bonds is 3. The monoisotopic (exact) mass is 415 g/mol. The molecule has 2 amide bonds. The molecule has 152 valence electrons. The van der Waals surface area contributed by atoms with E-state index in [2.05, 4.69) is 25.7 Å². The van der Waals surface area contributed by atoms with Crippen molar-refractivity contribution in [2.75, 3.05) is 5.32 Å². The number of aliphatic imine (C=N–C) groups is 1. The fraction of sp³-hybridized carbons (Fsp3) is 0.0455. The van der Waals surface area contributed by atoms with Crippen molar-refractivity contribution in [2.24, 2.45) is 4.99 Å². The van der Waals surface area contributed by atoms with E-state index in [1.165, 1.54) is 22.8 Å². The molecule has 9 heteroatoms. The number of nitrogens with one attached hydrogen (secondary N) is 2. The van der Waals surface area contributed by atoms with Crippen molar-refractivity contribution in [1.82, 2.24) is 19.9 Å². The molecule has 5 rings (SSSR count). The predicted molar refractivity (Wildman–Crippen MR) is 111 cm³/mol. The van der Waals surface area contributed by atoms with Crippen LogP contribution < -0.4 is 10.6 Å². The van der Waals surface area contributed by atoms with Crippen molar-refractivity contribution in [1.29, 1.82) is 0 Å². The molecule has 2 aromatic heterocycles. The quantitative estimate of drug-likeness (QED) is 0.537. The Morgan fingerprint density at radius 3 is 2.84 bits per heavy atom. The van der Waals surface area contributed by atoms with Crippen LogP contribution in [0.5, 0.6) is 0 Å². The van der Waals surface area contributed by atoms with Crippen LogP contribution in [-0.2, 0) is 4.79 Å². The summed E-state index contributed by atoms with van der Waals surface area (Å²) in [5, 5.41) is 8.99. The average Bonchev–Trinajstić information content (AvgIpc) is 3.06. The Bertz CT molecular complexity index is 1400. The first-order valence-corrected chi connectivity index (χ1v) is 9.36. The molecule has 8 nitrogen and oxygen atoms in total. The molecule has 1 aliphatic rings. The number of benzene rings is 2. The van der Waals surface area contributed by atoms with Crippen LogP contribution in [0.2, 0.25) is 0 Å². The normalized spacial score (nSPS) is 16.0. The van der Waals surface area contributed by atoms with Gasteiger partial charge in [-0.3, -0.25) is 9.59 Å². The highest BCUT2D eigenvalue weighted by Gasteiger charge is 2.29. The topological polar surface area (TPSA) is 101 Å². The van der Waals surface area contributed by atoms with E-state index in [0.29, 0.717) is 16.8 Å².